The minimum Gasteiger partial charge on any atom is -0.459 e. The van der Waals surface area contributed by atoms with Crippen molar-refractivity contribution in [2.45, 2.75) is 57.5 Å². The van der Waals surface area contributed by atoms with Gasteiger partial charge in [0.1, 0.15) is 6.04 Å². The first-order valence-electron chi connectivity index (χ1n) is 10.1. The highest BCUT2D eigenvalue weighted by Crippen LogP contribution is 2.19. The van der Waals surface area contributed by atoms with Crippen molar-refractivity contribution in [1.29, 1.82) is 0 Å². The molecule has 0 saturated heterocycles. The minimum absolute atomic E-state index is 0.151. The molecular formula is C22H27N3O4. The van der Waals surface area contributed by atoms with Crippen molar-refractivity contribution in [2.24, 2.45) is 0 Å². The highest BCUT2D eigenvalue weighted by molar-refractivity contribution is 6.08. The highest BCUT2D eigenvalue weighted by Gasteiger charge is 2.24. The number of rotatable bonds is 7. The molecule has 2 aromatic rings. The van der Waals surface area contributed by atoms with Crippen molar-refractivity contribution in [3.8, 4) is 0 Å². The zero-order valence-corrected chi connectivity index (χ0v) is 16.6. The van der Waals surface area contributed by atoms with Crippen LogP contribution in [0.1, 0.15) is 66.4 Å². The van der Waals surface area contributed by atoms with Crippen LogP contribution in [0, 0.1) is 0 Å². The van der Waals surface area contributed by atoms with Gasteiger partial charge in [-0.15, -0.1) is 0 Å². The molecule has 1 atom stereocenters. The average Bonchev–Trinajstić information content (AvgIpc) is 3.28. The van der Waals surface area contributed by atoms with Gasteiger partial charge in [-0.25, -0.2) is 0 Å². The molecule has 3 amide bonds. The Bertz CT molecular complexity index is 842. The maximum atomic E-state index is 12.8. The molecule has 1 aromatic heterocycles. The van der Waals surface area contributed by atoms with Crippen LogP contribution in [0.5, 0.6) is 0 Å². The number of furan rings is 1. The molecule has 0 spiro atoms. The van der Waals surface area contributed by atoms with E-state index in [1.54, 1.807) is 36.4 Å². The summed E-state index contributed by atoms with van der Waals surface area (Å²) in [6.07, 6.45) is 7.31. The quantitative estimate of drug-likeness (QED) is 0.666. The third-order valence-corrected chi connectivity index (χ3v) is 5.15. The zero-order valence-electron chi connectivity index (χ0n) is 16.6. The van der Waals surface area contributed by atoms with Crippen LogP contribution in [-0.2, 0) is 4.79 Å². The van der Waals surface area contributed by atoms with Gasteiger partial charge in [-0.2, -0.15) is 0 Å². The Morgan fingerprint density at radius 1 is 1.03 bits per heavy atom. The lowest BCUT2D eigenvalue weighted by Crippen LogP contribution is -2.49. The third-order valence-electron chi connectivity index (χ3n) is 5.15. The maximum absolute atomic E-state index is 12.8. The van der Waals surface area contributed by atoms with E-state index >= 15 is 0 Å². The molecule has 0 aliphatic heterocycles. The predicted octanol–water partition coefficient (Wildman–Crippen LogP) is 3.49. The van der Waals surface area contributed by atoms with Crippen LogP contribution in [0.25, 0.3) is 0 Å². The summed E-state index contributed by atoms with van der Waals surface area (Å²) in [6.45, 7) is 1.86. The third kappa shape index (κ3) is 5.47. The second-order valence-electron chi connectivity index (χ2n) is 7.25. The van der Waals surface area contributed by atoms with Gasteiger partial charge in [0.05, 0.1) is 17.5 Å². The first-order chi connectivity index (χ1) is 14.1. The maximum Gasteiger partial charge on any atom is 0.291 e. The van der Waals surface area contributed by atoms with E-state index in [1.165, 1.54) is 12.7 Å². The second kappa shape index (κ2) is 9.91. The number of amides is 3. The van der Waals surface area contributed by atoms with E-state index in [0.717, 1.165) is 25.7 Å². The van der Waals surface area contributed by atoms with E-state index in [1.807, 2.05) is 6.92 Å². The lowest BCUT2D eigenvalue weighted by Gasteiger charge is -2.25. The largest absolute Gasteiger partial charge is 0.459 e. The van der Waals surface area contributed by atoms with Crippen LogP contribution in [-0.4, -0.2) is 29.8 Å². The summed E-state index contributed by atoms with van der Waals surface area (Å²) in [5.74, 6) is -0.869. The molecule has 3 N–H and O–H groups in total. The lowest BCUT2D eigenvalue weighted by atomic mass is 9.95. The van der Waals surface area contributed by atoms with Crippen molar-refractivity contribution in [3.05, 3.63) is 54.0 Å². The molecule has 1 fully saturated rings. The Hall–Kier alpha value is -3.09. The summed E-state index contributed by atoms with van der Waals surface area (Å²) in [5.41, 5.74) is 0.644. The molecule has 154 valence electrons. The summed E-state index contributed by atoms with van der Waals surface area (Å²) in [5, 5.41) is 8.54. The number of carbonyl (C=O) groups excluding carboxylic acids is 3. The Morgan fingerprint density at radius 3 is 2.48 bits per heavy atom. The Balaban J connectivity index is 1.65. The first-order valence-corrected chi connectivity index (χ1v) is 10.1. The van der Waals surface area contributed by atoms with Crippen LogP contribution in [0.4, 0.5) is 5.69 Å². The normalized spacial score (nSPS) is 15.3. The van der Waals surface area contributed by atoms with Gasteiger partial charge < -0.3 is 20.4 Å². The van der Waals surface area contributed by atoms with Gasteiger partial charge in [-0.05, 0) is 43.5 Å². The first kappa shape index (κ1) is 20.6. The summed E-state index contributed by atoms with van der Waals surface area (Å²) >= 11 is 0. The van der Waals surface area contributed by atoms with Gasteiger partial charge >= 0.3 is 0 Å². The monoisotopic (exact) mass is 397 g/mol. The van der Waals surface area contributed by atoms with Crippen LogP contribution in [0.15, 0.2) is 47.1 Å². The lowest BCUT2D eigenvalue weighted by molar-refractivity contribution is -0.124. The van der Waals surface area contributed by atoms with Crippen molar-refractivity contribution >= 4 is 23.4 Å². The van der Waals surface area contributed by atoms with Gasteiger partial charge in [0.25, 0.3) is 11.8 Å². The fourth-order valence-corrected chi connectivity index (χ4v) is 3.52. The smallest absolute Gasteiger partial charge is 0.291 e. The molecule has 1 heterocycles. The van der Waals surface area contributed by atoms with E-state index in [9.17, 15) is 14.4 Å². The molecular weight excluding hydrogens is 370 g/mol. The summed E-state index contributed by atoms with van der Waals surface area (Å²) in [7, 11) is 0. The Labute approximate surface area is 170 Å². The SMILES string of the molecule is CC[C@H](NC(=O)c1ccccc1NC(=O)c1ccco1)C(=O)NC1CCCCC1. The molecule has 0 radical (unpaired) electrons. The van der Waals surface area contributed by atoms with Crippen molar-refractivity contribution in [3.63, 3.8) is 0 Å². The van der Waals surface area contributed by atoms with Crippen LogP contribution >= 0.6 is 0 Å². The topological polar surface area (TPSA) is 100 Å². The van der Waals surface area contributed by atoms with E-state index < -0.39 is 17.9 Å². The number of carbonyl (C=O) groups is 3. The summed E-state index contributed by atoms with van der Waals surface area (Å²) < 4.78 is 5.09. The summed E-state index contributed by atoms with van der Waals surface area (Å²) in [4.78, 5) is 37.7. The number of anilines is 1. The Kier molecular flexibility index (Phi) is 7.05. The van der Waals surface area contributed by atoms with E-state index in [4.69, 9.17) is 4.42 Å². The number of nitrogens with one attached hydrogen (secondary N) is 3. The zero-order chi connectivity index (χ0) is 20.6. The molecule has 3 rings (SSSR count). The summed E-state index contributed by atoms with van der Waals surface area (Å²) in [6, 6.07) is 9.39. The van der Waals surface area contributed by atoms with E-state index in [2.05, 4.69) is 16.0 Å². The number of hydrogen-bond acceptors (Lipinski definition) is 4. The predicted molar refractivity (Wildman–Crippen MR) is 110 cm³/mol. The minimum atomic E-state index is -0.627. The van der Waals surface area contributed by atoms with Crippen LogP contribution in [0.3, 0.4) is 0 Å². The van der Waals surface area contributed by atoms with Crippen molar-refractivity contribution in [2.75, 3.05) is 5.32 Å². The number of benzene rings is 1. The molecule has 0 bridgehead atoms. The molecule has 1 aliphatic carbocycles. The Morgan fingerprint density at radius 2 is 1.79 bits per heavy atom. The molecule has 1 saturated carbocycles. The molecule has 7 heteroatoms. The van der Waals surface area contributed by atoms with E-state index in [-0.39, 0.29) is 23.3 Å². The molecule has 29 heavy (non-hydrogen) atoms. The van der Waals surface area contributed by atoms with Gasteiger partial charge in [-0.3, -0.25) is 14.4 Å². The number of hydrogen-bond donors (Lipinski definition) is 3. The van der Waals surface area contributed by atoms with Crippen molar-refractivity contribution < 1.29 is 18.8 Å². The molecule has 1 aliphatic rings. The van der Waals surface area contributed by atoms with Crippen LogP contribution < -0.4 is 16.0 Å². The average molecular weight is 397 g/mol. The van der Waals surface area contributed by atoms with Crippen LogP contribution in [0.2, 0.25) is 0 Å². The fourth-order valence-electron chi connectivity index (χ4n) is 3.52. The molecule has 1 aromatic carbocycles. The fraction of sp³-hybridized carbons (Fsp3) is 0.409. The van der Waals surface area contributed by atoms with Gasteiger partial charge in [0, 0.05) is 6.04 Å². The standard InChI is InChI=1S/C22H27N3O4/c1-2-17(21(27)23-15-9-4-3-5-10-15)24-20(26)16-11-6-7-12-18(16)25-22(28)19-13-8-14-29-19/h6-8,11-15,17H,2-5,9-10H2,1H3,(H,23,27)(H,24,26)(H,25,28)/t17-/m0/s1. The van der Waals surface area contributed by atoms with E-state index in [0.29, 0.717) is 12.1 Å². The van der Waals surface area contributed by atoms with Gasteiger partial charge in [0.2, 0.25) is 5.91 Å². The number of para-hydroxylation sites is 1. The molecule has 7 nitrogen and oxygen atoms in total. The second-order valence-corrected chi connectivity index (χ2v) is 7.25. The molecule has 0 unspecified atom stereocenters. The van der Waals surface area contributed by atoms with Gasteiger partial charge in [0.15, 0.2) is 5.76 Å². The van der Waals surface area contributed by atoms with Crippen molar-refractivity contribution in [1.82, 2.24) is 10.6 Å². The van der Waals surface area contributed by atoms with Gasteiger partial charge in [-0.1, -0.05) is 38.3 Å². The highest BCUT2D eigenvalue weighted by atomic mass is 16.3.